The molecule has 128 valence electrons. The molecule has 0 bridgehead atoms. The van der Waals surface area contributed by atoms with Crippen LogP contribution in [0.4, 0.5) is 0 Å². The molecule has 3 heterocycles. The van der Waals surface area contributed by atoms with Gasteiger partial charge in [0.15, 0.2) is 0 Å². The molecule has 2 aromatic rings. The number of likely N-dealkylation sites (tertiary alicyclic amines) is 1. The lowest BCUT2D eigenvalue weighted by Crippen LogP contribution is -2.32. The van der Waals surface area contributed by atoms with Gasteiger partial charge in [-0.05, 0) is 62.3 Å². The monoisotopic (exact) mass is 326 g/mol. The molecule has 2 aromatic heterocycles. The van der Waals surface area contributed by atoms with Crippen molar-refractivity contribution in [1.29, 1.82) is 0 Å². The minimum atomic E-state index is 0.117. The van der Waals surface area contributed by atoms with Gasteiger partial charge in [0, 0.05) is 32.4 Å². The number of aryl methyl sites for hydroxylation is 3. The summed E-state index contributed by atoms with van der Waals surface area (Å²) in [7, 11) is 0. The van der Waals surface area contributed by atoms with Crippen LogP contribution in [-0.2, 0) is 11.8 Å². The highest BCUT2D eigenvalue weighted by atomic mass is 16.4. The smallest absolute Gasteiger partial charge is 0.224 e. The van der Waals surface area contributed by atoms with Crippen LogP contribution in [0, 0.1) is 19.8 Å². The average molecular weight is 326 g/mol. The predicted octanol–water partition coefficient (Wildman–Crippen LogP) is 3.07. The zero-order valence-electron chi connectivity index (χ0n) is 14.7. The summed E-state index contributed by atoms with van der Waals surface area (Å²) in [5, 5.41) is 8.46. The maximum absolute atomic E-state index is 5.85. The Kier molecular flexibility index (Phi) is 4.12. The van der Waals surface area contributed by atoms with Gasteiger partial charge in [-0.3, -0.25) is 4.98 Å². The molecule has 1 saturated heterocycles. The molecule has 2 fully saturated rings. The van der Waals surface area contributed by atoms with Crippen molar-refractivity contribution in [3.05, 3.63) is 41.4 Å². The number of fused-ring (bicyclic) bond motifs is 1. The summed E-state index contributed by atoms with van der Waals surface area (Å²) >= 11 is 0. The van der Waals surface area contributed by atoms with Crippen molar-refractivity contribution < 1.29 is 4.42 Å². The quantitative estimate of drug-likeness (QED) is 0.845. The van der Waals surface area contributed by atoms with E-state index in [9.17, 15) is 0 Å². The Morgan fingerprint density at radius 1 is 1.33 bits per heavy atom. The highest BCUT2D eigenvalue weighted by Crippen LogP contribution is 2.49. The van der Waals surface area contributed by atoms with Crippen LogP contribution in [-0.4, -0.2) is 39.7 Å². The normalized spacial score (nSPS) is 26.8. The summed E-state index contributed by atoms with van der Waals surface area (Å²) in [5.74, 6) is 2.25. The third-order valence-corrected chi connectivity index (χ3v) is 5.96. The molecule has 1 saturated carbocycles. The third-order valence-electron chi connectivity index (χ3n) is 5.96. The van der Waals surface area contributed by atoms with Crippen LogP contribution in [0.15, 0.2) is 22.9 Å². The van der Waals surface area contributed by atoms with Gasteiger partial charge in [-0.25, -0.2) is 0 Å². The van der Waals surface area contributed by atoms with Gasteiger partial charge in [-0.1, -0.05) is 6.42 Å². The molecule has 2 aliphatic rings. The lowest BCUT2D eigenvalue weighted by atomic mass is 9.80. The van der Waals surface area contributed by atoms with Gasteiger partial charge >= 0.3 is 0 Å². The zero-order valence-corrected chi connectivity index (χ0v) is 14.7. The van der Waals surface area contributed by atoms with Gasteiger partial charge in [0.05, 0.1) is 5.41 Å². The van der Waals surface area contributed by atoms with E-state index in [0.29, 0.717) is 11.8 Å². The number of pyridine rings is 1. The van der Waals surface area contributed by atoms with E-state index in [0.717, 1.165) is 25.4 Å². The lowest BCUT2D eigenvalue weighted by molar-refractivity contribution is 0.268. The molecule has 4 rings (SSSR count). The summed E-state index contributed by atoms with van der Waals surface area (Å²) in [4.78, 5) is 6.86. The average Bonchev–Trinajstić information content (AvgIpc) is 3.23. The Morgan fingerprint density at radius 2 is 2.25 bits per heavy atom. The maximum atomic E-state index is 5.85. The third kappa shape index (κ3) is 2.75. The van der Waals surface area contributed by atoms with Crippen LogP contribution >= 0.6 is 0 Å². The summed E-state index contributed by atoms with van der Waals surface area (Å²) in [6.07, 6.45) is 9.94. The first-order chi connectivity index (χ1) is 11.7. The molecule has 2 atom stereocenters. The maximum Gasteiger partial charge on any atom is 0.224 e. The van der Waals surface area contributed by atoms with Gasteiger partial charge in [0.25, 0.3) is 0 Å². The Morgan fingerprint density at radius 3 is 3.04 bits per heavy atom. The second kappa shape index (κ2) is 6.28. The van der Waals surface area contributed by atoms with Crippen LogP contribution in [0.25, 0.3) is 0 Å². The summed E-state index contributed by atoms with van der Waals surface area (Å²) in [6.45, 7) is 7.45. The van der Waals surface area contributed by atoms with Crippen molar-refractivity contribution in [2.24, 2.45) is 5.92 Å². The van der Waals surface area contributed by atoms with Crippen molar-refractivity contribution in [2.45, 2.75) is 51.4 Å². The molecule has 0 radical (unpaired) electrons. The van der Waals surface area contributed by atoms with E-state index in [4.69, 9.17) is 4.42 Å². The highest BCUT2D eigenvalue weighted by Gasteiger charge is 2.53. The van der Waals surface area contributed by atoms with Crippen molar-refractivity contribution in [3.8, 4) is 0 Å². The Balaban J connectivity index is 1.39. The minimum absolute atomic E-state index is 0.117. The second-order valence-corrected chi connectivity index (χ2v) is 7.51. The van der Waals surface area contributed by atoms with Crippen LogP contribution in [0.3, 0.4) is 0 Å². The van der Waals surface area contributed by atoms with Crippen molar-refractivity contribution in [1.82, 2.24) is 20.1 Å². The first kappa shape index (κ1) is 15.8. The molecule has 24 heavy (non-hydrogen) atoms. The predicted molar refractivity (Wildman–Crippen MR) is 91.8 cm³/mol. The Bertz CT molecular complexity index is 713. The first-order valence-corrected chi connectivity index (χ1v) is 9.10. The molecule has 0 unspecified atom stereocenters. The van der Waals surface area contributed by atoms with E-state index < -0.39 is 0 Å². The summed E-state index contributed by atoms with van der Waals surface area (Å²) in [6, 6.07) is 2.10. The van der Waals surface area contributed by atoms with Crippen LogP contribution in [0.2, 0.25) is 0 Å². The molecule has 5 heteroatoms. The molecule has 0 amide bonds. The standard InChI is InChI=1S/C19H26N4O/c1-14-7-9-20-11-16(14)5-4-10-23-12-17-6-3-8-19(17,13-23)18-22-21-15(2)24-18/h7,9,11,17H,3-6,8,10,12-13H2,1-2H3/t17-,19-/m0/s1. The molecule has 1 aliphatic heterocycles. The largest absolute Gasteiger partial charge is 0.425 e. The molecular formula is C19H26N4O. The van der Waals surface area contributed by atoms with Gasteiger partial charge in [-0.15, -0.1) is 10.2 Å². The first-order valence-electron chi connectivity index (χ1n) is 9.10. The fourth-order valence-electron chi connectivity index (χ4n) is 4.66. The van der Waals surface area contributed by atoms with Crippen LogP contribution < -0.4 is 0 Å². The fourth-order valence-corrected chi connectivity index (χ4v) is 4.66. The van der Waals surface area contributed by atoms with Crippen LogP contribution in [0.5, 0.6) is 0 Å². The number of rotatable bonds is 5. The molecule has 5 nitrogen and oxygen atoms in total. The minimum Gasteiger partial charge on any atom is -0.425 e. The summed E-state index contributed by atoms with van der Waals surface area (Å²) < 4.78 is 5.85. The molecule has 0 N–H and O–H groups in total. The Labute approximate surface area is 143 Å². The van der Waals surface area contributed by atoms with E-state index in [-0.39, 0.29) is 5.41 Å². The number of nitrogens with zero attached hydrogens (tertiary/aromatic N) is 4. The van der Waals surface area contributed by atoms with Crippen molar-refractivity contribution >= 4 is 0 Å². The van der Waals surface area contributed by atoms with E-state index in [1.54, 1.807) is 0 Å². The molecular weight excluding hydrogens is 300 g/mol. The molecule has 0 spiro atoms. The summed E-state index contributed by atoms with van der Waals surface area (Å²) in [5.41, 5.74) is 2.84. The highest BCUT2D eigenvalue weighted by molar-refractivity contribution is 5.21. The van der Waals surface area contributed by atoms with E-state index in [2.05, 4.69) is 33.1 Å². The Hall–Kier alpha value is -1.75. The van der Waals surface area contributed by atoms with Crippen molar-refractivity contribution in [2.75, 3.05) is 19.6 Å². The topological polar surface area (TPSA) is 55.1 Å². The van der Waals surface area contributed by atoms with E-state index in [1.165, 1.54) is 43.4 Å². The SMILES string of the molecule is Cc1nnc([C@]23CCC[C@H]2CN(CCCc2cnccc2C)C3)o1. The van der Waals surface area contributed by atoms with Gasteiger partial charge in [-0.2, -0.15) is 0 Å². The molecule has 1 aliphatic carbocycles. The fraction of sp³-hybridized carbons (Fsp3) is 0.632. The van der Waals surface area contributed by atoms with Crippen LogP contribution in [0.1, 0.15) is 48.6 Å². The number of hydrogen-bond acceptors (Lipinski definition) is 5. The van der Waals surface area contributed by atoms with E-state index >= 15 is 0 Å². The lowest BCUT2D eigenvalue weighted by Gasteiger charge is -2.24. The number of hydrogen-bond donors (Lipinski definition) is 0. The van der Waals surface area contributed by atoms with E-state index in [1.807, 2.05) is 19.3 Å². The molecule has 0 aromatic carbocycles. The van der Waals surface area contributed by atoms with Gasteiger partial charge < -0.3 is 9.32 Å². The van der Waals surface area contributed by atoms with Gasteiger partial charge in [0.1, 0.15) is 0 Å². The second-order valence-electron chi connectivity index (χ2n) is 7.51. The zero-order chi connectivity index (χ0) is 16.6. The number of aromatic nitrogens is 3. The van der Waals surface area contributed by atoms with Gasteiger partial charge in [0.2, 0.25) is 11.8 Å². The van der Waals surface area contributed by atoms with Crippen molar-refractivity contribution in [3.63, 3.8) is 0 Å².